The number of amides is 3. The fraction of sp³-hybridized carbons (Fsp3) is 0.414. The molecule has 13 heteroatoms. The summed E-state index contributed by atoms with van der Waals surface area (Å²) in [6.07, 6.45) is 1.49. The maximum Gasteiger partial charge on any atom is 0.324 e. The number of nitrogens with one attached hydrogen (secondary N) is 2. The van der Waals surface area contributed by atoms with Crippen LogP contribution < -0.4 is 25.0 Å². The third-order valence-corrected chi connectivity index (χ3v) is 7.01. The maximum absolute atomic E-state index is 15.8. The molecule has 3 aromatic rings. The average molecular weight is 580 g/mol. The third kappa shape index (κ3) is 6.05. The molecule has 2 N–H and O–H groups in total. The van der Waals surface area contributed by atoms with Crippen molar-refractivity contribution in [2.24, 2.45) is 0 Å². The van der Waals surface area contributed by atoms with Gasteiger partial charge in [-0.15, -0.1) is 0 Å². The molecule has 1 aromatic carbocycles. The quantitative estimate of drug-likeness (QED) is 0.441. The van der Waals surface area contributed by atoms with Crippen LogP contribution in [-0.2, 0) is 4.74 Å². The molecule has 4 heterocycles. The highest BCUT2D eigenvalue weighted by molar-refractivity contribution is 6.03. The van der Waals surface area contributed by atoms with Crippen LogP contribution in [0.4, 0.5) is 26.6 Å². The van der Waals surface area contributed by atoms with Gasteiger partial charge in [-0.25, -0.2) is 19.2 Å². The molecule has 2 aromatic heterocycles. The molecule has 2 aliphatic heterocycles. The van der Waals surface area contributed by atoms with Crippen LogP contribution >= 0.6 is 0 Å². The Balaban J connectivity index is 1.52. The number of hydrogen-bond acceptors (Lipinski definition) is 9. The van der Waals surface area contributed by atoms with Crippen LogP contribution in [0.3, 0.4) is 0 Å². The molecule has 5 rings (SSSR count). The summed E-state index contributed by atoms with van der Waals surface area (Å²) >= 11 is 0. The van der Waals surface area contributed by atoms with E-state index >= 15 is 4.39 Å². The molecule has 0 aliphatic carbocycles. The van der Waals surface area contributed by atoms with Crippen molar-refractivity contribution in [2.75, 3.05) is 55.5 Å². The summed E-state index contributed by atoms with van der Waals surface area (Å²) in [6.45, 7) is 9.85. The summed E-state index contributed by atoms with van der Waals surface area (Å²) in [6, 6.07) is 6.72. The van der Waals surface area contributed by atoms with Crippen molar-refractivity contribution in [1.29, 1.82) is 0 Å². The van der Waals surface area contributed by atoms with Crippen LogP contribution in [-0.4, -0.2) is 83.4 Å². The Morgan fingerprint density at radius 3 is 2.74 bits per heavy atom. The maximum atomic E-state index is 15.8. The van der Waals surface area contributed by atoms with E-state index in [0.717, 1.165) is 0 Å². The highest BCUT2D eigenvalue weighted by Gasteiger charge is 2.38. The Labute approximate surface area is 243 Å². The zero-order valence-electron chi connectivity index (χ0n) is 24.2. The number of likely N-dealkylation sites (N-methyl/N-ethyl adjacent to an activating group) is 1. The summed E-state index contributed by atoms with van der Waals surface area (Å²) < 4.78 is 32.8. The van der Waals surface area contributed by atoms with Crippen molar-refractivity contribution in [3.8, 4) is 22.9 Å². The van der Waals surface area contributed by atoms with Gasteiger partial charge < -0.3 is 29.3 Å². The van der Waals surface area contributed by atoms with Crippen LogP contribution in [0.5, 0.6) is 11.6 Å². The number of ether oxygens (including phenoxy) is 3. The number of carbonyl (C=O) groups excluding carboxylic acids is 2. The first kappa shape index (κ1) is 29.0. The van der Waals surface area contributed by atoms with Gasteiger partial charge in [0.05, 0.1) is 38.6 Å². The molecule has 0 unspecified atom stereocenters. The van der Waals surface area contributed by atoms with Crippen LogP contribution in [0.1, 0.15) is 38.1 Å². The first-order chi connectivity index (χ1) is 20.1. The second-order valence-corrected chi connectivity index (χ2v) is 10.7. The average Bonchev–Trinajstić information content (AvgIpc) is 3.05. The zero-order valence-corrected chi connectivity index (χ0v) is 24.2. The molecule has 1 atom stereocenters. The molecule has 3 amide bonds. The lowest BCUT2D eigenvalue weighted by Crippen LogP contribution is -2.44. The number of halogens is 1. The molecule has 42 heavy (non-hydrogen) atoms. The predicted molar refractivity (Wildman–Crippen MR) is 155 cm³/mol. The number of anilines is 3. The summed E-state index contributed by atoms with van der Waals surface area (Å²) in [7, 11) is 1.50. The Morgan fingerprint density at radius 1 is 1.21 bits per heavy atom. The van der Waals surface area contributed by atoms with Crippen molar-refractivity contribution in [1.82, 2.24) is 19.9 Å². The van der Waals surface area contributed by atoms with Crippen molar-refractivity contribution in [3.05, 3.63) is 47.9 Å². The fourth-order valence-corrected chi connectivity index (χ4v) is 4.95. The molecular weight excluding hydrogens is 545 g/mol. The lowest BCUT2D eigenvalue weighted by atomic mass is 10.0. The van der Waals surface area contributed by atoms with E-state index in [2.05, 4.69) is 20.6 Å². The molecule has 0 bridgehead atoms. The Bertz CT molecular complexity index is 1500. The van der Waals surface area contributed by atoms with Gasteiger partial charge >= 0.3 is 6.03 Å². The standard InChI is InChI=1S/C29H34FN7O5/c1-6-36-16-29(3,4)42-25-23(26(36)38)24(34-27(35-25)37-11-12-41-15-17(37)2)20-8-7-18(13-21(20)30)32-28(39)33-22-14-19(40-5)9-10-31-22/h7-10,13-14,17H,6,11-12,15-16H2,1-5H3,(H2,31,32,33,39)/t17-/m0/s1. The second kappa shape index (κ2) is 11.8. The first-order valence-electron chi connectivity index (χ1n) is 13.7. The number of urea groups is 1. The Morgan fingerprint density at radius 2 is 2.02 bits per heavy atom. The van der Waals surface area contributed by atoms with E-state index in [9.17, 15) is 9.59 Å². The number of rotatable bonds is 6. The Hall–Kier alpha value is -4.52. The molecule has 12 nitrogen and oxygen atoms in total. The predicted octanol–water partition coefficient (Wildman–Crippen LogP) is 4.19. The topological polar surface area (TPSA) is 131 Å². The van der Waals surface area contributed by atoms with E-state index in [-0.39, 0.29) is 46.2 Å². The van der Waals surface area contributed by atoms with Crippen molar-refractivity contribution in [2.45, 2.75) is 39.3 Å². The van der Waals surface area contributed by atoms with Crippen LogP contribution in [0.25, 0.3) is 11.3 Å². The lowest BCUT2D eigenvalue weighted by Gasteiger charge is -2.34. The fourth-order valence-electron chi connectivity index (χ4n) is 4.95. The molecular formula is C29H34FN7O5. The summed E-state index contributed by atoms with van der Waals surface area (Å²) in [5.41, 5.74) is -0.271. The van der Waals surface area contributed by atoms with Gasteiger partial charge in [0, 0.05) is 36.6 Å². The van der Waals surface area contributed by atoms with Gasteiger partial charge in [-0.2, -0.15) is 4.98 Å². The largest absolute Gasteiger partial charge is 0.497 e. The minimum absolute atomic E-state index is 0.0414. The highest BCUT2D eigenvalue weighted by atomic mass is 19.1. The number of methoxy groups -OCH3 is 1. The van der Waals surface area contributed by atoms with E-state index in [4.69, 9.17) is 19.2 Å². The second-order valence-electron chi connectivity index (χ2n) is 10.7. The third-order valence-electron chi connectivity index (χ3n) is 7.01. The monoisotopic (exact) mass is 579 g/mol. The SMILES string of the molecule is CCN1CC(C)(C)Oc2nc(N3CCOC[C@@H]3C)nc(-c3ccc(NC(=O)Nc4cc(OC)ccn4)cc3F)c2C1=O. The number of hydrogen-bond donors (Lipinski definition) is 2. The van der Waals surface area contributed by atoms with Crippen molar-refractivity contribution < 1.29 is 28.2 Å². The van der Waals surface area contributed by atoms with Gasteiger partial charge in [-0.1, -0.05) is 0 Å². The summed E-state index contributed by atoms with van der Waals surface area (Å²) in [5.74, 6) is 0.176. The molecule has 2 aliphatic rings. The van der Waals surface area contributed by atoms with Gasteiger partial charge in [0.25, 0.3) is 5.91 Å². The van der Waals surface area contributed by atoms with Crippen molar-refractivity contribution >= 4 is 29.4 Å². The van der Waals surface area contributed by atoms with E-state index in [1.165, 1.54) is 31.5 Å². The number of carbonyl (C=O) groups is 2. The van der Waals surface area contributed by atoms with E-state index in [0.29, 0.717) is 44.5 Å². The molecule has 222 valence electrons. The number of morpholine rings is 1. The van der Waals surface area contributed by atoms with Crippen LogP contribution in [0.15, 0.2) is 36.5 Å². The van der Waals surface area contributed by atoms with Crippen LogP contribution in [0.2, 0.25) is 0 Å². The van der Waals surface area contributed by atoms with Crippen molar-refractivity contribution in [3.63, 3.8) is 0 Å². The number of benzene rings is 1. The Kier molecular flexibility index (Phi) is 8.12. The van der Waals surface area contributed by atoms with E-state index in [1.807, 2.05) is 32.6 Å². The molecule has 1 saturated heterocycles. The van der Waals surface area contributed by atoms with Gasteiger partial charge in [-0.3, -0.25) is 10.1 Å². The van der Waals surface area contributed by atoms with Gasteiger partial charge in [0.1, 0.15) is 28.5 Å². The van der Waals surface area contributed by atoms with E-state index in [1.54, 1.807) is 17.0 Å². The van der Waals surface area contributed by atoms with Crippen LogP contribution in [0, 0.1) is 5.82 Å². The normalized spacial score (nSPS) is 18.0. The molecule has 1 fully saturated rings. The summed E-state index contributed by atoms with van der Waals surface area (Å²) in [4.78, 5) is 43.4. The molecule has 0 spiro atoms. The van der Waals surface area contributed by atoms with E-state index < -0.39 is 17.4 Å². The molecule has 0 saturated carbocycles. The zero-order chi connectivity index (χ0) is 30.0. The first-order valence-corrected chi connectivity index (χ1v) is 13.7. The van der Waals surface area contributed by atoms with Gasteiger partial charge in [-0.05, 0) is 52.0 Å². The number of aromatic nitrogens is 3. The lowest BCUT2D eigenvalue weighted by molar-refractivity contribution is 0.0541. The van der Waals surface area contributed by atoms with Gasteiger partial charge in [0.2, 0.25) is 11.8 Å². The smallest absolute Gasteiger partial charge is 0.324 e. The number of fused-ring (bicyclic) bond motifs is 1. The summed E-state index contributed by atoms with van der Waals surface area (Å²) in [5, 5.41) is 5.18. The minimum Gasteiger partial charge on any atom is -0.497 e. The molecule has 0 radical (unpaired) electrons. The minimum atomic E-state index is -0.742. The highest BCUT2D eigenvalue weighted by Crippen LogP contribution is 2.37. The number of pyridine rings is 1. The van der Waals surface area contributed by atoms with Gasteiger partial charge in [0.15, 0.2) is 0 Å². The number of nitrogens with zero attached hydrogens (tertiary/aromatic N) is 5.